The summed E-state index contributed by atoms with van der Waals surface area (Å²) in [6.45, 7) is -3.57. The van der Waals surface area contributed by atoms with Gasteiger partial charge in [0, 0.05) is 0 Å². The van der Waals surface area contributed by atoms with E-state index in [1.165, 1.54) is 0 Å². The van der Waals surface area contributed by atoms with Crippen LogP contribution in [0.3, 0.4) is 0 Å². The highest BCUT2D eigenvalue weighted by atomic mass is 31.2. The molecule has 0 atom stereocenters. The molecular formula is C6H9F2O6P. The predicted molar refractivity (Wildman–Crippen MR) is 44.5 cm³/mol. The third-order valence-corrected chi connectivity index (χ3v) is 2.35. The van der Waals surface area contributed by atoms with E-state index in [9.17, 15) is 22.9 Å². The number of ether oxygens (including phenoxy) is 2. The number of carbonyl (C=O) groups is 2. The van der Waals surface area contributed by atoms with Gasteiger partial charge in [0.15, 0.2) is 0 Å². The molecule has 9 heteroatoms. The van der Waals surface area contributed by atoms with Crippen LogP contribution < -0.4 is 0 Å². The Morgan fingerprint density at radius 3 is 1.67 bits per heavy atom. The van der Waals surface area contributed by atoms with Gasteiger partial charge in [-0.2, -0.15) is 0 Å². The second-order valence-electron chi connectivity index (χ2n) is 2.18. The van der Waals surface area contributed by atoms with Gasteiger partial charge in [-0.15, -0.1) is 0 Å². The van der Waals surface area contributed by atoms with Crippen LogP contribution in [0.2, 0.25) is 0 Å². The second-order valence-corrected chi connectivity index (χ2v) is 4.07. The van der Waals surface area contributed by atoms with Gasteiger partial charge in [-0.3, -0.25) is 4.57 Å². The minimum absolute atomic E-state index is 0.736. The molecule has 0 aromatic rings. The van der Waals surface area contributed by atoms with Gasteiger partial charge >= 0.3 is 18.8 Å². The van der Waals surface area contributed by atoms with Crippen molar-refractivity contribution in [3.63, 3.8) is 0 Å². The second kappa shape index (κ2) is 6.47. The molecule has 15 heavy (non-hydrogen) atoms. The Balaban J connectivity index is 4.32. The van der Waals surface area contributed by atoms with Crippen molar-refractivity contribution in [3.8, 4) is 0 Å². The average Bonchev–Trinajstić information content (AvgIpc) is 2.21. The van der Waals surface area contributed by atoms with Crippen molar-refractivity contribution in [1.82, 2.24) is 0 Å². The summed E-state index contributed by atoms with van der Waals surface area (Å²) >= 11 is 0. The lowest BCUT2D eigenvalue weighted by atomic mass is 10.8. The summed E-state index contributed by atoms with van der Waals surface area (Å²) in [4.78, 5) is 30.3. The van der Waals surface area contributed by atoms with Crippen LogP contribution >= 0.6 is 7.37 Å². The maximum absolute atomic E-state index is 11.5. The SMILES string of the molecule is O=C(OCCF)P(=O)(O)C(=O)OCCF. The minimum atomic E-state index is -4.99. The molecule has 0 aliphatic rings. The fourth-order valence-corrected chi connectivity index (χ4v) is 1.18. The highest BCUT2D eigenvalue weighted by Gasteiger charge is 2.41. The first-order valence-electron chi connectivity index (χ1n) is 3.76. The average molecular weight is 246 g/mol. The Hall–Kier alpha value is -1.01. The quantitative estimate of drug-likeness (QED) is 0.713. The van der Waals surface area contributed by atoms with Crippen molar-refractivity contribution in [1.29, 1.82) is 0 Å². The van der Waals surface area contributed by atoms with Crippen LogP contribution in [0.1, 0.15) is 0 Å². The number of hydrogen-bond donors (Lipinski definition) is 1. The number of halogens is 2. The Morgan fingerprint density at radius 1 is 1.07 bits per heavy atom. The van der Waals surface area contributed by atoms with E-state index in [0.717, 1.165) is 0 Å². The molecule has 0 spiro atoms. The summed E-state index contributed by atoms with van der Waals surface area (Å²) in [5.41, 5.74) is -3.55. The van der Waals surface area contributed by atoms with E-state index in [4.69, 9.17) is 4.89 Å². The lowest BCUT2D eigenvalue weighted by molar-refractivity contribution is 0.148. The van der Waals surface area contributed by atoms with E-state index in [1.54, 1.807) is 0 Å². The maximum atomic E-state index is 11.5. The van der Waals surface area contributed by atoms with Gasteiger partial charge in [-0.25, -0.2) is 18.4 Å². The predicted octanol–water partition coefficient (Wildman–Crippen LogP) is 1.47. The van der Waals surface area contributed by atoms with Gasteiger partial charge in [-0.1, -0.05) is 0 Å². The lowest BCUT2D eigenvalue weighted by Gasteiger charge is -2.08. The van der Waals surface area contributed by atoms with Crippen LogP contribution in [0.25, 0.3) is 0 Å². The summed E-state index contributed by atoms with van der Waals surface area (Å²) in [5.74, 6) is 0. The fourth-order valence-electron chi connectivity index (χ4n) is 0.501. The van der Waals surface area contributed by atoms with Crippen molar-refractivity contribution >= 4 is 18.8 Å². The van der Waals surface area contributed by atoms with Crippen LogP contribution in [0, 0.1) is 0 Å². The Morgan fingerprint density at radius 2 is 1.40 bits per heavy atom. The third kappa shape index (κ3) is 4.35. The van der Waals surface area contributed by atoms with Gasteiger partial charge in [-0.05, 0) is 0 Å². The molecule has 0 rings (SSSR count). The molecule has 0 saturated heterocycles. The zero-order chi connectivity index (χ0) is 11.9. The van der Waals surface area contributed by atoms with E-state index < -0.39 is 45.4 Å². The molecule has 0 aliphatic carbocycles. The van der Waals surface area contributed by atoms with Crippen LogP contribution in [-0.4, -0.2) is 42.9 Å². The molecule has 0 fully saturated rings. The summed E-state index contributed by atoms with van der Waals surface area (Å²) < 4.78 is 41.9. The standard InChI is InChI=1S/C6H9F2O6P/c7-1-3-13-5(9)15(11,12)6(10)14-4-2-8/h1-4H2,(H,11,12). The normalized spacial score (nSPS) is 10.9. The van der Waals surface area contributed by atoms with Gasteiger partial charge in [0.1, 0.15) is 26.6 Å². The van der Waals surface area contributed by atoms with Crippen molar-refractivity contribution in [2.45, 2.75) is 0 Å². The molecule has 0 radical (unpaired) electrons. The largest absolute Gasteiger partial charge is 0.455 e. The summed E-state index contributed by atoms with van der Waals surface area (Å²) in [7, 11) is -4.99. The van der Waals surface area contributed by atoms with E-state index in [1.807, 2.05) is 0 Å². The topological polar surface area (TPSA) is 89.9 Å². The Labute approximate surface area is 83.6 Å². The lowest BCUT2D eigenvalue weighted by Crippen LogP contribution is -2.14. The van der Waals surface area contributed by atoms with Gasteiger partial charge < -0.3 is 14.4 Å². The Kier molecular flexibility index (Phi) is 6.03. The van der Waals surface area contributed by atoms with Crippen molar-refractivity contribution in [2.24, 2.45) is 0 Å². The zero-order valence-electron chi connectivity index (χ0n) is 7.52. The van der Waals surface area contributed by atoms with Crippen molar-refractivity contribution < 1.29 is 37.3 Å². The highest BCUT2D eigenvalue weighted by molar-refractivity contribution is 7.88. The molecule has 6 nitrogen and oxygen atoms in total. The number of carbonyl (C=O) groups excluding carboxylic acids is 2. The number of hydrogen-bond acceptors (Lipinski definition) is 5. The minimum Gasteiger partial charge on any atom is -0.455 e. The maximum Gasteiger partial charge on any atom is 0.411 e. The van der Waals surface area contributed by atoms with Gasteiger partial charge in [0.05, 0.1) is 0 Å². The molecule has 0 aliphatic heterocycles. The number of rotatable bonds is 6. The van der Waals surface area contributed by atoms with Crippen molar-refractivity contribution in [3.05, 3.63) is 0 Å². The Bertz CT molecular complexity index is 257. The smallest absolute Gasteiger partial charge is 0.411 e. The fraction of sp³-hybridized carbons (Fsp3) is 0.667. The highest BCUT2D eigenvalue weighted by Crippen LogP contribution is 2.44. The zero-order valence-corrected chi connectivity index (χ0v) is 8.41. The van der Waals surface area contributed by atoms with E-state index in [0.29, 0.717) is 0 Å². The number of alkyl halides is 2. The molecule has 0 aromatic heterocycles. The molecule has 0 saturated carbocycles. The third-order valence-electron chi connectivity index (χ3n) is 1.10. The molecule has 1 N–H and O–H groups in total. The van der Waals surface area contributed by atoms with Gasteiger partial charge in [0.25, 0.3) is 0 Å². The van der Waals surface area contributed by atoms with Crippen LogP contribution in [-0.2, 0) is 14.0 Å². The van der Waals surface area contributed by atoms with Crippen LogP contribution in [0.5, 0.6) is 0 Å². The molecule has 0 aromatic carbocycles. The van der Waals surface area contributed by atoms with Crippen LogP contribution in [0.4, 0.5) is 18.4 Å². The summed E-state index contributed by atoms with van der Waals surface area (Å²) in [6.07, 6.45) is 0. The van der Waals surface area contributed by atoms with Gasteiger partial charge in [0.2, 0.25) is 0 Å². The molecular weight excluding hydrogens is 237 g/mol. The van der Waals surface area contributed by atoms with E-state index in [2.05, 4.69) is 9.47 Å². The summed E-state index contributed by atoms with van der Waals surface area (Å²) in [5, 5.41) is 0. The van der Waals surface area contributed by atoms with E-state index in [-0.39, 0.29) is 0 Å². The first-order chi connectivity index (χ1) is 6.96. The first-order valence-corrected chi connectivity index (χ1v) is 5.42. The molecule has 0 amide bonds. The van der Waals surface area contributed by atoms with E-state index >= 15 is 0 Å². The first kappa shape index (κ1) is 14.0. The molecule has 88 valence electrons. The molecule has 0 bridgehead atoms. The summed E-state index contributed by atoms with van der Waals surface area (Å²) in [6, 6.07) is 0. The molecule has 0 heterocycles. The van der Waals surface area contributed by atoms with Crippen molar-refractivity contribution in [2.75, 3.05) is 26.6 Å². The van der Waals surface area contributed by atoms with Crippen LogP contribution in [0.15, 0.2) is 0 Å². The molecule has 0 unspecified atom stereocenters. The monoisotopic (exact) mass is 246 g/mol.